The van der Waals surface area contributed by atoms with E-state index in [9.17, 15) is 14.4 Å². The molecule has 0 aromatic carbocycles. The molecule has 0 rings (SSSR count). The summed E-state index contributed by atoms with van der Waals surface area (Å²) in [5.41, 5.74) is 0. The average molecular weight is 173 g/mol. The molecule has 12 heavy (non-hydrogen) atoms. The van der Waals surface area contributed by atoms with E-state index in [-0.39, 0.29) is 6.61 Å². The predicted molar refractivity (Wildman–Crippen MR) is 40.3 cm³/mol. The first-order chi connectivity index (χ1) is 5.50. The highest BCUT2D eigenvalue weighted by atomic mass is 16.5. The van der Waals surface area contributed by atoms with Crippen molar-refractivity contribution in [3.8, 4) is 0 Å². The van der Waals surface area contributed by atoms with Gasteiger partial charge in [-0.25, -0.2) is 4.79 Å². The van der Waals surface area contributed by atoms with Gasteiger partial charge in [-0.2, -0.15) is 0 Å². The van der Waals surface area contributed by atoms with E-state index in [1.165, 1.54) is 14.1 Å². The summed E-state index contributed by atoms with van der Waals surface area (Å²) in [7, 11) is 2.78. The maximum Gasteiger partial charge on any atom is 0.384 e. The van der Waals surface area contributed by atoms with E-state index in [0.29, 0.717) is 0 Å². The fraction of sp³-hybridized carbons (Fsp3) is 0.571. The summed E-state index contributed by atoms with van der Waals surface area (Å²) in [6.07, 6.45) is 0. The number of rotatable bonds is 3. The lowest BCUT2D eigenvalue weighted by molar-refractivity contribution is -0.158. The second kappa shape index (κ2) is 4.48. The zero-order chi connectivity index (χ0) is 9.72. The Morgan fingerprint density at radius 3 is 2.08 bits per heavy atom. The van der Waals surface area contributed by atoms with Gasteiger partial charge in [0.15, 0.2) is 0 Å². The fourth-order valence-corrected chi connectivity index (χ4v) is 0.487. The van der Waals surface area contributed by atoms with Crippen molar-refractivity contribution in [3.63, 3.8) is 0 Å². The monoisotopic (exact) mass is 173 g/mol. The van der Waals surface area contributed by atoms with Crippen molar-refractivity contribution in [1.29, 1.82) is 0 Å². The third-order valence-electron chi connectivity index (χ3n) is 1.06. The Balaban J connectivity index is 4.20. The minimum Gasteiger partial charge on any atom is -0.460 e. The van der Waals surface area contributed by atoms with Crippen molar-refractivity contribution < 1.29 is 19.1 Å². The van der Waals surface area contributed by atoms with Crippen LogP contribution in [-0.4, -0.2) is 43.3 Å². The first-order valence-electron chi connectivity index (χ1n) is 3.43. The molecule has 0 bridgehead atoms. The van der Waals surface area contributed by atoms with Gasteiger partial charge in [0.1, 0.15) is 0 Å². The van der Waals surface area contributed by atoms with E-state index < -0.39 is 17.7 Å². The molecule has 0 aliphatic carbocycles. The summed E-state index contributed by atoms with van der Waals surface area (Å²) in [5, 5.41) is 0. The summed E-state index contributed by atoms with van der Waals surface area (Å²) >= 11 is 0. The van der Waals surface area contributed by atoms with Gasteiger partial charge >= 0.3 is 17.7 Å². The lowest BCUT2D eigenvalue weighted by atomic mass is 10.3. The normalized spacial score (nSPS) is 8.92. The first-order valence-corrected chi connectivity index (χ1v) is 3.43. The number of esters is 1. The number of amides is 1. The van der Waals surface area contributed by atoms with Crippen LogP contribution in [-0.2, 0) is 19.1 Å². The SMILES string of the molecule is CCOC(=O)C(=O)C(=O)N(C)C. The molecule has 0 saturated carbocycles. The van der Waals surface area contributed by atoms with E-state index in [2.05, 4.69) is 4.74 Å². The van der Waals surface area contributed by atoms with E-state index in [1.54, 1.807) is 6.92 Å². The minimum atomic E-state index is -1.14. The van der Waals surface area contributed by atoms with E-state index in [4.69, 9.17) is 0 Å². The molecular formula is C7H11NO4. The Labute approximate surface area is 70.3 Å². The van der Waals surface area contributed by atoms with Gasteiger partial charge in [-0.15, -0.1) is 0 Å². The van der Waals surface area contributed by atoms with E-state index in [1.807, 2.05) is 0 Å². The largest absolute Gasteiger partial charge is 0.460 e. The molecule has 0 aromatic heterocycles. The van der Waals surface area contributed by atoms with Crippen LogP contribution in [0, 0.1) is 0 Å². The maximum atomic E-state index is 10.8. The zero-order valence-electron chi connectivity index (χ0n) is 7.29. The second-order valence-electron chi connectivity index (χ2n) is 2.25. The predicted octanol–water partition coefficient (Wildman–Crippen LogP) is -0.793. The Bertz CT molecular complexity index is 209. The summed E-state index contributed by atoms with van der Waals surface area (Å²) in [5.74, 6) is -3.11. The van der Waals surface area contributed by atoms with E-state index in [0.717, 1.165) is 4.90 Å². The molecule has 1 amide bonds. The van der Waals surface area contributed by atoms with Gasteiger partial charge in [0.25, 0.3) is 0 Å². The number of ketones is 1. The lowest BCUT2D eigenvalue weighted by Crippen LogP contribution is -2.35. The van der Waals surface area contributed by atoms with Crippen molar-refractivity contribution in [1.82, 2.24) is 4.90 Å². The number of likely N-dealkylation sites (N-methyl/N-ethyl adjacent to an activating group) is 1. The van der Waals surface area contributed by atoms with Gasteiger partial charge in [-0.05, 0) is 6.92 Å². The summed E-state index contributed by atoms with van der Waals surface area (Å²) in [6.45, 7) is 1.65. The van der Waals surface area contributed by atoms with Crippen molar-refractivity contribution in [2.45, 2.75) is 6.92 Å². The molecule has 68 valence electrons. The summed E-state index contributed by atoms with van der Waals surface area (Å²) < 4.78 is 4.34. The minimum absolute atomic E-state index is 0.0886. The van der Waals surface area contributed by atoms with Gasteiger partial charge in [0.05, 0.1) is 6.61 Å². The Kier molecular flexibility index (Phi) is 3.96. The van der Waals surface area contributed by atoms with Gasteiger partial charge in [0, 0.05) is 14.1 Å². The van der Waals surface area contributed by atoms with E-state index >= 15 is 0 Å². The topological polar surface area (TPSA) is 63.7 Å². The number of carbonyl (C=O) groups excluding carboxylic acids is 3. The molecule has 0 radical (unpaired) electrons. The maximum absolute atomic E-state index is 10.8. The van der Waals surface area contributed by atoms with Crippen molar-refractivity contribution in [2.75, 3.05) is 20.7 Å². The number of ether oxygens (including phenoxy) is 1. The molecule has 0 fully saturated rings. The van der Waals surface area contributed by atoms with Gasteiger partial charge < -0.3 is 9.64 Å². The van der Waals surface area contributed by atoms with Crippen molar-refractivity contribution >= 4 is 17.7 Å². The van der Waals surface area contributed by atoms with Crippen LogP contribution in [0.2, 0.25) is 0 Å². The molecule has 0 aliphatic rings. The van der Waals surface area contributed by atoms with Crippen LogP contribution in [0.3, 0.4) is 0 Å². The van der Waals surface area contributed by atoms with Crippen LogP contribution >= 0.6 is 0 Å². The Hall–Kier alpha value is -1.39. The number of carbonyl (C=O) groups is 3. The van der Waals surface area contributed by atoms with Crippen LogP contribution < -0.4 is 0 Å². The molecule has 0 heterocycles. The molecule has 0 aromatic rings. The molecule has 5 heteroatoms. The molecule has 0 N–H and O–H groups in total. The van der Waals surface area contributed by atoms with Crippen molar-refractivity contribution in [3.05, 3.63) is 0 Å². The highest BCUT2D eigenvalue weighted by molar-refractivity contribution is 6.61. The molecule has 0 atom stereocenters. The lowest BCUT2D eigenvalue weighted by Gasteiger charge is -2.07. The van der Waals surface area contributed by atoms with Crippen LogP contribution in [0.5, 0.6) is 0 Å². The standard InChI is InChI=1S/C7H11NO4/c1-4-12-7(11)5(9)6(10)8(2)3/h4H2,1-3H3. The Morgan fingerprint density at radius 1 is 1.25 bits per heavy atom. The average Bonchev–Trinajstić information content (AvgIpc) is 2.02. The van der Waals surface area contributed by atoms with Crippen molar-refractivity contribution in [2.24, 2.45) is 0 Å². The molecule has 5 nitrogen and oxygen atoms in total. The molecule has 0 saturated heterocycles. The van der Waals surface area contributed by atoms with Crippen LogP contribution in [0.25, 0.3) is 0 Å². The fourth-order valence-electron chi connectivity index (χ4n) is 0.487. The van der Waals surface area contributed by atoms with Crippen LogP contribution in [0.1, 0.15) is 6.92 Å². The Morgan fingerprint density at radius 2 is 1.75 bits per heavy atom. The smallest absolute Gasteiger partial charge is 0.384 e. The second-order valence-corrected chi connectivity index (χ2v) is 2.25. The molecular weight excluding hydrogens is 162 g/mol. The third-order valence-corrected chi connectivity index (χ3v) is 1.06. The first kappa shape index (κ1) is 10.6. The number of Topliss-reactive ketones (excluding diaryl/α,β-unsaturated/α-hetero) is 1. The molecule has 0 unspecified atom stereocenters. The highest BCUT2D eigenvalue weighted by Gasteiger charge is 2.25. The van der Waals surface area contributed by atoms with Crippen LogP contribution in [0.15, 0.2) is 0 Å². The highest BCUT2D eigenvalue weighted by Crippen LogP contribution is 1.86. The summed E-state index contributed by atoms with van der Waals surface area (Å²) in [6, 6.07) is 0. The molecule has 0 aliphatic heterocycles. The molecule has 0 spiro atoms. The van der Waals surface area contributed by atoms with Crippen LogP contribution in [0.4, 0.5) is 0 Å². The third kappa shape index (κ3) is 2.69. The number of hydrogen-bond donors (Lipinski definition) is 0. The van der Waals surface area contributed by atoms with Gasteiger partial charge in [-0.3, -0.25) is 9.59 Å². The zero-order valence-corrected chi connectivity index (χ0v) is 7.29. The van der Waals surface area contributed by atoms with Gasteiger partial charge in [0.2, 0.25) is 0 Å². The number of hydrogen-bond acceptors (Lipinski definition) is 4. The van der Waals surface area contributed by atoms with Gasteiger partial charge in [-0.1, -0.05) is 0 Å². The number of nitrogens with zero attached hydrogens (tertiary/aromatic N) is 1. The quantitative estimate of drug-likeness (QED) is 0.318. The summed E-state index contributed by atoms with van der Waals surface area (Å²) in [4.78, 5) is 33.3.